The van der Waals surface area contributed by atoms with Gasteiger partial charge in [-0.25, -0.2) is 0 Å². The normalized spacial score (nSPS) is 10.3. The molecule has 0 atom stereocenters. The van der Waals surface area contributed by atoms with E-state index in [1.165, 1.54) is 11.8 Å². The minimum Gasteiger partial charge on any atom is -0.348 e. The number of thioether (sulfide) groups is 1. The highest BCUT2D eigenvalue weighted by Crippen LogP contribution is 2.16. The van der Waals surface area contributed by atoms with Crippen LogP contribution in [0.1, 0.15) is 13.8 Å². The van der Waals surface area contributed by atoms with Crippen LogP contribution in [0.25, 0.3) is 0 Å². The van der Waals surface area contributed by atoms with Gasteiger partial charge < -0.3 is 5.32 Å². The summed E-state index contributed by atoms with van der Waals surface area (Å²) in [5.41, 5.74) is 0. The molecule has 3 nitrogen and oxygen atoms in total. The highest BCUT2D eigenvalue weighted by atomic mass is 32.2. The molecule has 0 aliphatic rings. The smallest absolute Gasteiger partial charge is 0.230 e. The third kappa shape index (κ3) is 5.54. The SMILES string of the molecule is CC(C)C(=O)CNC(=O)CSc1ccccc1. The van der Waals surface area contributed by atoms with E-state index in [4.69, 9.17) is 0 Å². The topological polar surface area (TPSA) is 46.2 Å². The lowest BCUT2D eigenvalue weighted by Crippen LogP contribution is -2.32. The average molecular weight is 251 g/mol. The summed E-state index contributed by atoms with van der Waals surface area (Å²) in [5, 5.41) is 2.62. The molecule has 0 fully saturated rings. The lowest BCUT2D eigenvalue weighted by atomic mass is 10.1. The maximum absolute atomic E-state index is 11.5. The summed E-state index contributed by atoms with van der Waals surface area (Å²) in [5.74, 6) is 0.267. The van der Waals surface area contributed by atoms with Crippen LogP contribution in [0.3, 0.4) is 0 Å². The van der Waals surface area contributed by atoms with Crippen LogP contribution in [-0.4, -0.2) is 24.0 Å². The summed E-state index contributed by atoms with van der Waals surface area (Å²) >= 11 is 1.47. The van der Waals surface area contributed by atoms with Gasteiger partial charge in [0.15, 0.2) is 5.78 Å². The van der Waals surface area contributed by atoms with Crippen molar-refractivity contribution in [2.45, 2.75) is 18.7 Å². The summed E-state index contributed by atoms with van der Waals surface area (Å²) in [6, 6.07) is 9.71. The van der Waals surface area contributed by atoms with Crippen LogP contribution >= 0.6 is 11.8 Å². The van der Waals surface area contributed by atoms with E-state index in [0.29, 0.717) is 5.75 Å². The van der Waals surface area contributed by atoms with Gasteiger partial charge in [-0.3, -0.25) is 9.59 Å². The first-order valence-electron chi connectivity index (χ1n) is 5.57. The Kier molecular flexibility index (Phi) is 5.77. The van der Waals surface area contributed by atoms with Gasteiger partial charge in [0.1, 0.15) is 0 Å². The van der Waals surface area contributed by atoms with Crippen molar-refractivity contribution in [1.29, 1.82) is 0 Å². The standard InChI is InChI=1S/C13H17NO2S/c1-10(2)12(15)8-14-13(16)9-17-11-6-4-3-5-7-11/h3-7,10H,8-9H2,1-2H3,(H,14,16). The van der Waals surface area contributed by atoms with Crippen molar-refractivity contribution in [3.05, 3.63) is 30.3 Å². The van der Waals surface area contributed by atoms with E-state index >= 15 is 0 Å². The Morgan fingerprint density at radius 1 is 1.24 bits per heavy atom. The van der Waals surface area contributed by atoms with Crippen LogP contribution in [-0.2, 0) is 9.59 Å². The van der Waals surface area contributed by atoms with E-state index in [-0.39, 0.29) is 24.2 Å². The molecule has 1 N–H and O–H groups in total. The summed E-state index contributed by atoms with van der Waals surface area (Å²) in [6.45, 7) is 3.78. The molecule has 0 saturated carbocycles. The number of nitrogens with one attached hydrogen (secondary N) is 1. The molecule has 0 heterocycles. The first kappa shape index (κ1) is 13.8. The van der Waals surface area contributed by atoms with Crippen LogP contribution in [0.5, 0.6) is 0 Å². The third-order valence-electron chi connectivity index (χ3n) is 2.22. The minimum atomic E-state index is -0.104. The van der Waals surface area contributed by atoms with E-state index in [2.05, 4.69) is 5.32 Å². The van der Waals surface area contributed by atoms with Gasteiger partial charge in [0.25, 0.3) is 0 Å². The van der Waals surface area contributed by atoms with E-state index in [1.54, 1.807) is 0 Å². The van der Waals surface area contributed by atoms with Gasteiger partial charge >= 0.3 is 0 Å². The maximum Gasteiger partial charge on any atom is 0.230 e. The van der Waals surface area contributed by atoms with Gasteiger partial charge in [0.2, 0.25) is 5.91 Å². The third-order valence-corrected chi connectivity index (χ3v) is 3.23. The summed E-state index contributed by atoms with van der Waals surface area (Å²) in [6.07, 6.45) is 0. The van der Waals surface area contributed by atoms with Crippen molar-refractivity contribution in [2.75, 3.05) is 12.3 Å². The molecule has 0 aromatic heterocycles. The van der Waals surface area contributed by atoms with Crippen LogP contribution < -0.4 is 5.32 Å². The second-order valence-electron chi connectivity index (χ2n) is 4.00. The molecule has 0 spiro atoms. The lowest BCUT2D eigenvalue weighted by molar-refractivity contribution is -0.125. The van der Waals surface area contributed by atoms with Crippen molar-refractivity contribution < 1.29 is 9.59 Å². The monoisotopic (exact) mass is 251 g/mol. The van der Waals surface area contributed by atoms with Gasteiger partial charge in [-0.1, -0.05) is 32.0 Å². The second-order valence-corrected chi connectivity index (χ2v) is 5.05. The van der Waals surface area contributed by atoms with E-state index in [9.17, 15) is 9.59 Å². The Labute approximate surface area is 106 Å². The Morgan fingerprint density at radius 2 is 1.88 bits per heavy atom. The van der Waals surface area contributed by atoms with Crippen LogP contribution in [0.15, 0.2) is 35.2 Å². The number of benzene rings is 1. The van der Waals surface area contributed by atoms with Crippen LogP contribution in [0.2, 0.25) is 0 Å². The van der Waals surface area contributed by atoms with Gasteiger partial charge in [-0.2, -0.15) is 0 Å². The van der Waals surface area contributed by atoms with Gasteiger partial charge in [0.05, 0.1) is 12.3 Å². The van der Waals surface area contributed by atoms with Crippen molar-refractivity contribution in [1.82, 2.24) is 5.32 Å². The molecule has 92 valence electrons. The Bertz CT molecular complexity index is 376. The number of amides is 1. The molecule has 4 heteroatoms. The number of hydrogen-bond acceptors (Lipinski definition) is 3. The molecule has 0 unspecified atom stereocenters. The fourth-order valence-electron chi connectivity index (χ4n) is 1.11. The average Bonchev–Trinajstić information content (AvgIpc) is 2.34. The zero-order valence-corrected chi connectivity index (χ0v) is 10.9. The number of Topliss-reactive ketones (excluding diaryl/α,β-unsaturated/α-hetero) is 1. The largest absolute Gasteiger partial charge is 0.348 e. The molecular weight excluding hydrogens is 234 g/mol. The summed E-state index contributed by atoms with van der Waals surface area (Å²) in [4.78, 5) is 23.8. The quantitative estimate of drug-likeness (QED) is 0.788. The molecule has 1 aromatic carbocycles. The van der Waals surface area contributed by atoms with Crippen molar-refractivity contribution >= 4 is 23.5 Å². The van der Waals surface area contributed by atoms with Crippen molar-refractivity contribution in [3.8, 4) is 0 Å². The fourth-order valence-corrected chi connectivity index (χ4v) is 1.86. The first-order valence-corrected chi connectivity index (χ1v) is 6.55. The predicted molar refractivity (Wildman–Crippen MR) is 70.0 cm³/mol. The number of carbonyl (C=O) groups excluding carboxylic acids is 2. The summed E-state index contributed by atoms with van der Waals surface area (Å²) < 4.78 is 0. The first-order chi connectivity index (χ1) is 8.09. The Hall–Kier alpha value is -1.29. The molecular formula is C13H17NO2S. The van der Waals surface area contributed by atoms with Crippen LogP contribution in [0.4, 0.5) is 0 Å². The molecule has 0 bridgehead atoms. The molecule has 0 radical (unpaired) electrons. The Balaban J connectivity index is 2.24. The molecule has 17 heavy (non-hydrogen) atoms. The van der Waals surface area contributed by atoms with E-state index < -0.39 is 0 Å². The molecule has 1 rings (SSSR count). The molecule has 1 amide bonds. The highest BCUT2D eigenvalue weighted by Gasteiger charge is 2.09. The maximum atomic E-state index is 11.5. The zero-order valence-electron chi connectivity index (χ0n) is 10.1. The predicted octanol–water partition coefficient (Wildman–Crippen LogP) is 2.12. The minimum absolute atomic E-state index is 0.0305. The lowest BCUT2D eigenvalue weighted by Gasteiger charge is -2.06. The van der Waals surface area contributed by atoms with Gasteiger partial charge in [-0.05, 0) is 12.1 Å². The number of hydrogen-bond donors (Lipinski definition) is 1. The zero-order chi connectivity index (χ0) is 12.7. The Morgan fingerprint density at radius 3 is 2.47 bits per heavy atom. The van der Waals surface area contributed by atoms with Crippen molar-refractivity contribution in [2.24, 2.45) is 5.92 Å². The number of ketones is 1. The van der Waals surface area contributed by atoms with Gasteiger partial charge in [0, 0.05) is 10.8 Å². The second kappa shape index (κ2) is 7.12. The van der Waals surface area contributed by atoms with Crippen LogP contribution in [0, 0.1) is 5.92 Å². The highest BCUT2D eigenvalue weighted by molar-refractivity contribution is 8.00. The number of carbonyl (C=O) groups is 2. The fraction of sp³-hybridized carbons (Fsp3) is 0.385. The van der Waals surface area contributed by atoms with E-state index in [1.807, 2.05) is 44.2 Å². The van der Waals surface area contributed by atoms with E-state index in [0.717, 1.165) is 4.90 Å². The van der Waals surface area contributed by atoms with Crippen molar-refractivity contribution in [3.63, 3.8) is 0 Å². The number of rotatable bonds is 6. The summed E-state index contributed by atoms with van der Waals surface area (Å²) in [7, 11) is 0. The van der Waals surface area contributed by atoms with Gasteiger partial charge in [-0.15, -0.1) is 11.8 Å². The molecule has 0 saturated heterocycles. The molecule has 0 aliphatic heterocycles. The molecule has 0 aliphatic carbocycles. The molecule has 1 aromatic rings.